The quantitative estimate of drug-likeness (QED) is 0.691. The Kier molecular flexibility index (Phi) is 6.80. The average Bonchev–Trinajstić information content (AvgIpc) is 2.56. The molecule has 5 nitrogen and oxygen atoms in total. The Morgan fingerprint density at radius 3 is 2.46 bits per heavy atom. The van der Waals surface area contributed by atoms with Gasteiger partial charge in [-0.3, -0.25) is 9.59 Å². The first-order valence-electron chi connectivity index (χ1n) is 8.52. The predicted molar refractivity (Wildman–Crippen MR) is 98.3 cm³/mol. The second-order valence-electron chi connectivity index (χ2n) is 6.62. The lowest BCUT2D eigenvalue weighted by Crippen LogP contribution is -2.49. The van der Waals surface area contributed by atoms with E-state index >= 15 is 0 Å². The molecule has 0 heterocycles. The first-order valence-corrected chi connectivity index (χ1v) is 9.31. The molecule has 2 amide bonds. The van der Waals surface area contributed by atoms with E-state index in [-0.39, 0.29) is 18.2 Å². The highest BCUT2D eigenvalue weighted by Gasteiger charge is 2.30. The molecule has 6 heteroatoms. The molecule has 1 aromatic rings. The SMILES string of the molecule is CC(N)(C(=O)NCCC(=O)NC1CCCCC1)c1ccc(Br)cc1. The van der Waals surface area contributed by atoms with Crippen molar-refractivity contribution in [3.8, 4) is 0 Å². The summed E-state index contributed by atoms with van der Waals surface area (Å²) in [5, 5.41) is 5.81. The lowest BCUT2D eigenvalue weighted by atomic mass is 9.92. The molecule has 24 heavy (non-hydrogen) atoms. The highest BCUT2D eigenvalue weighted by atomic mass is 79.9. The maximum Gasteiger partial charge on any atom is 0.244 e. The van der Waals surface area contributed by atoms with E-state index in [9.17, 15) is 9.59 Å². The van der Waals surface area contributed by atoms with E-state index < -0.39 is 5.54 Å². The predicted octanol–water partition coefficient (Wildman–Crippen LogP) is 2.58. The number of rotatable bonds is 6. The minimum absolute atomic E-state index is 0.00966. The normalized spacial score (nSPS) is 17.8. The van der Waals surface area contributed by atoms with Gasteiger partial charge < -0.3 is 16.4 Å². The number of benzene rings is 1. The molecule has 1 aliphatic rings. The largest absolute Gasteiger partial charge is 0.354 e. The van der Waals surface area contributed by atoms with Crippen molar-refractivity contribution in [1.82, 2.24) is 10.6 Å². The summed E-state index contributed by atoms with van der Waals surface area (Å²) in [4.78, 5) is 24.3. The number of nitrogens with one attached hydrogen (secondary N) is 2. The van der Waals surface area contributed by atoms with Gasteiger partial charge in [-0.25, -0.2) is 0 Å². The fraction of sp³-hybridized carbons (Fsp3) is 0.556. The molecule has 1 aliphatic carbocycles. The van der Waals surface area contributed by atoms with Crippen LogP contribution in [0.15, 0.2) is 28.7 Å². The fourth-order valence-electron chi connectivity index (χ4n) is 2.95. The minimum Gasteiger partial charge on any atom is -0.354 e. The second-order valence-corrected chi connectivity index (χ2v) is 7.53. The Labute approximate surface area is 151 Å². The minimum atomic E-state index is -1.12. The highest BCUT2D eigenvalue weighted by molar-refractivity contribution is 9.10. The smallest absolute Gasteiger partial charge is 0.244 e. The van der Waals surface area contributed by atoms with Crippen LogP contribution in [-0.4, -0.2) is 24.4 Å². The van der Waals surface area contributed by atoms with Crippen LogP contribution < -0.4 is 16.4 Å². The van der Waals surface area contributed by atoms with Crippen molar-refractivity contribution in [2.45, 2.75) is 57.0 Å². The molecule has 2 rings (SSSR count). The number of amides is 2. The summed E-state index contributed by atoms with van der Waals surface area (Å²) in [7, 11) is 0. The summed E-state index contributed by atoms with van der Waals surface area (Å²) in [5.74, 6) is -0.292. The summed E-state index contributed by atoms with van der Waals surface area (Å²) in [6, 6.07) is 7.64. The third-order valence-corrected chi connectivity index (χ3v) is 5.05. The standard InChI is InChI=1S/C18H26BrN3O2/c1-18(20,13-7-9-14(19)10-8-13)17(24)21-12-11-16(23)22-15-5-3-2-4-6-15/h7-10,15H,2-6,11-12,20H2,1H3,(H,21,24)(H,22,23). The number of carbonyl (C=O) groups is 2. The Morgan fingerprint density at radius 1 is 1.21 bits per heavy atom. The molecule has 1 aromatic carbocycles. The molecule has 132 valence electrons. The zero-order chi connectivity index (χ0) is 17.6. The first kappa shape index (κ1) is 18.9. The molecule has 1 saturated carbocycles. The number of nitrogens with two attached hydrogens (primary N) is 1. The van der Waals surface area contributed by atoms with Gasteiger partial charge in [-0.1, -0.05) is 47.3 Å². The lowest BCUT2D eigenvalue weighted by molar-refractivity contribution is -0.126. The van der Waals surface area contributed by atoms with Crippen LogP contribution in [0.1, 0.15) is 51.0 Å². The van der Waals surface area contributed by atoms with E-state index in [1.165, 1.54) is 19.3 Å². The van der Waals surface area contributed by atoms with Crippen LogP contribution in [0.2, 0.25) is 0 Å². The molecule has 0 bridgehead atoms. The second kappa shape index (κ2) is 8.62. The van der Waals surface area contributed by atoms with Crippen molar-refractivity contribution in [1.29, 1.82) is 0 Å². The lowest BCUT2D eigenvalue weighted by Gasteiger charge is -2.25. The van der Waals surface area contributed by atoms with E-state index in [2.05, 4.69) is 26.6 Å². The van der Waals surface area contributed by atoms with Gasteiger partial charge in [0, 0.05) is 23.5 Å². The summed E-state index contributed by atoms with van der Waals surface area (Å²) < 4.78 is 0.932. The van der Waals surface area contributed by atoms with Gasteiger partial charge in [-0.05, 0) is 37.5 Å². The third kappa shape index (κ3) is 5.31. The third-order valence-electron chi connectivity index (χ3n) is 4.52. The van der Waals surface area contributed by atoms with Gasteiger partial charge in [0.15, 0.2) is 0 Å². The van der Waals surface area contributed by atoms with E-state index in [0.717, 1.165) is 22.9 Å². The highest BCUT2D eigenvalue weighted by Crippen LogP contribution is 2.20. The zero-order valence-electron chi connectivity index (χ0n) is 14.1. The summed E-state index contributed by atoms with van der Waals surface area (Å²) in [6.45, 7) is 1.97. The van der Waals surface area contributed by atoms with Crippen molar-refractivity contribution in [2.75, 3.05) is 6.54 Å². The molecule has 1 unspecified atom stereocenters. The van der Waals surface area contributed by atoms with Gasteiger partial charge in [0.1, 0.15) is 5.54 Å². The fourth-order valence-corrected chi connectivity index (χ4v) is 3.21. The first-order chi connectivity index (χ1) is 11.4. The van der Waals surface area contributed by atoms with Gasteiger partial charge in [0.2, 0.25) is 11.8 Å². The molecule has 0 saturated heterocycles. The molecule has 4 N–H and O–H groups in total. The van der Waals surface area contributed by atoms with Gasteiger partial charge in [0.05, 0.1) is 0 Å². The number of halogens is 1. The van der Waals surface area contributed by atoms with Crippen LogP contribution in [0.3, 0.4) is 0 Å². The van der Waals surface area contributed by atoms with Gasteiger partial charge in [-0.15, -0.1) is 0 Å². The molecular formula is C18H26BrN3O2. The van der Waals surface area contributed by atoms with Gasteiger partial charge >= 0.3 is 0 Å². The summed E-state index contributed by atoms with van der Waals surface area (Å²) >= 11 is 3.36. The molecule has 0 spiro atoms. The average molecular weight is 396 g/mol. The van der Waals surface area contributed by atoms with Crippen LogP contribution in [0.25, 0.3) is 0 Å². The van der Waals surface area contributed by atoms with Crippen LogP contribution >= 0.6 is 15.9 Å². The Bertz CT molecular complexity index is 566. The van der Waals surface area contributed by atoms with Crippen LogP contribution in [0.4, 0.5) is 0 Å². The Hall–Kier alpha value is -1.40. The molecule has 1 atom stereocenters. The summed E-state index contributed by atoms with van der Waals surface area (Å²) in [6.07, 6.45) is 6.01. The van der Waals surface area contributed by atoms with Crippen molar-refractivity contribution in [2.24, 2.45) is 5.73 Å². The monoisotopic (exact) mass is 395 g/mol. The zero-order valence-corrected chi connectivity index (χ0v) is 15.7. The maximum absolute atomic E-state index is 12.3. The van der Waals surface area contributed by atoms with Gasteiger partial charge in [-0.2, -0.15) is 0 Å². The van der Waals surface area contributed by atoms with Crippen LogP contribution in [0, 0.1) is 0 Å². The molecule has 1 fully saturated rings. The molecule has 0 aliphatic heterocycles. The Morgan fingerprint density at radius 2 is 1.83 bits per heavy atom. The van der Waals surface area contributed by atoms with Crippen molar-refractivity contribution in [3.63, 3.8) is 0 Å². The van der Waals surface area contributed by atoms with Gasteiger partial charge in [0.25, 0.3) is 0 Å². The van der Waals surface area contributed by atoms with E-state index in [0.29, 0.717) is 12.6 Å². The molecular weight excluding hydrogens is 370 g/mol. The number of hydrogen-bond donors (Lipinski definition) is 3. The van der Waals surface area contributed by atoms with Crippen LogP contribution in [0.5, 0.6) is 0 Å². The van der Waals surface area contributed by atoms with Crippen molar-refractivity contribution < 1.29 is 9.59 Å². The number of hydrogen-bond acceptors (Lipinski definition) is 3. The summed E-state index contributed by atoms with van der Waals surface area (Å²) in [5.41, 5.74) is 5.78. The molecule has 0 aromatic heterocycles. The number of carbonyl (C=O) groups excluding carboxylic acids is 2. The van der Waals surface area contributed by atoms with Crippen molar-refractivity contribution >= 4 is 27.7 Å². The van der Waals surface area contributed by atoms with E-state index in [4.69, 9.17) is 5.73 Å². The molecule has 0 radical (unpaired) electrons. The van der Waals surface area contributed by atoms with E-state index in [1.54, 1.807) is 6.92 Å². The van der Waals surface area contributed by atoms with Crippen molar-refractivity contribution in [3.05, 3.63) is 34.3 Å². The van der Waals surface area contributed by atoms with E-state index in [1.807, 2.05) is 24.3 Å². The maximum atomic E-state index is 12.3. The van der Waals surface area contributed by atoms with Crippen LogP contribution in [-0.2, 0) is 15.1 Å². The topological polar surface area (TPSA) is 84.2 Å². The Balaban J connectivity index is 1.77.